The second-order valence-electron chi connectivity index (χ2n) is 6.27. The lowest BCUT2D eigenvalue weighted by molar-refractivity contribution is -0.928. The fourth-order valence-corrected chi connectivity index (χ4v) is 5.25. The summed E-state index contributed by atoms with van der Waals surface area (Å²) in [5.41, 5.74) is 2.02. The summed E-state index contributed by atoms with van der Waals surface area (Å²) >= 11 is 3.27. The summed E-state index contributed by atoms with van der Waals surface area (Å²) in [6.07, 6.45) is 3.64. The zero-order valence-electron chi connectivity index (χ0n) is 12.7. The van der Waals surface area contributed by atoms with Gasteiger partial charge in [-0.15, -0.1) is 22.7 Å². The fraction of sp³-hybridized carbons (Fsp3) is 0.412. The second kappa shape index (κ2) is 6.08. The highest BCUT2D eigenvalue weighted by Crippen LogP contribution is 2.42. The highest BCUT2D eigenvalue weighted by molar-refractivity contribution is 7.14. The molecular weight excluding hydrogens is 326 g/mol. The molecule has 0 saturated heterocycles. The summed E-state index contributed by atoms with van der Waals surface area (Å²) in [5, 5.41) is 16.7. The van der Waals surface area contributed by atoms with E-state index < -0.39 is 0 Å². The van der Waals surface area contributed by atoms with Crippen LogP contribution in [-0.2, 0) is 11.2 Å². The van der Waals surface area contributed by atoms with Crippen LogP contribution in [0.5, 0.6) is 0 Å². The van der Waals surface area contributed by atoms with Crippen LogP contribution in [0.25, 0.3) is 0 Å². The number of amides is 1. The van der Waals surface area contributed by atoms with Gasteiger partial charge in [-0.1, -0.05) is 0 Å². The van der Waals surface area contributed by atoms with Gasteiger partial charge in [-0.3, -0.25) is 4.79 Å². The predicted octanol–water partition coefficient (Wildman–Crippen LogP) is 2.21. The zero-order chi connectivity index (χ0) is 15.8. The summed E-state index contributed by atoms with van der Waals surface area (Å²) in [6, 6.07) is 6.61. The number of nitrogens with zero attached hydrogens (tertiary/aromatic N) is 1. The predicted molar refractivity (Wildman–Crippen MR) is 91.8 cm³/mol. The van der Waals surface area contributed by atoms with Crippen molar-refractivity contribution in [2.24, 2.45) is 5.92 Å². The van der Waals surface area contributed by atoms with Gasteiger partial charge in [0, 0.05) is 22.8 Å². The zero-order valence-corrected chi connectivity index (χ0v) is 14.3. The van der Waals surface area contributed by atoms with E-state index in [0.717, 1.165) is 18.9 Å². The average Bonchev–Trinajstić information content (AvgIpc) is 3.08. The monoisotopic (exact) mass is 344 g/mol. The van der Waals surface area contributed by atoms with Crippen LogP contribution in [0.2, 0.25) is 0 Å². The van der Waals surface area contributed by atoms with Gasteiger partial charge in [0.05, 0.1) is 12.1 Å². The summed E-state index contributed by atoms with van der Waals surface area (Å²) in [4.78, 5) is 15.3. The van der Waals surface area contributed by atoms with Crippen molar-refractivity contribution >= 4 is 33.6 Å². The van der Waals surface area contributed by atoms with Crippen LogP contribution in [-0.4, -0.2) is 19.0 Å². The number of anilines is 1. The lowest BCUT2D eigenvalue weighted by Gasteiger charge is -2.32. The number of carbonyl (C=O) groups excluding carboxylic acids is 1. The minimum atomic E-state index is 0.0169. The van der Waals surface area contributed by atoms with E-state index in [4.69, 9.17) is 5.26 Å². The van der Waals surface area contributed by atoms with E-state index >= 15 is 0 Å². The maximum atomic E-state index is 12.5. The standard InChI is InChI=1S/C17H17N3OS2/c18-9-12-4-7-23-17(12)19-15(21)10-20-6-3-14-13(5-8-22-14)16(20)11-1-2-11/h4-5,7-8,11,16H,1-3,6,10H2,(H,19,21)/p+1/t16-/m0/s1. The maximum Gasteiger partial charge on any atom is 0.280 e. The van der Waals surface area contributed by atoms with Crippen molar-refractivity contribution in [3.05, 3.63) is 38.9 Å². The van der Waals surface area contributed by atoms with Crippen molar-refractivity contribution in [3.8, 4) is 6.07 Å². The minimum Gasteiger partial charge on any atom is -0.320 e. The average molecular weight is 344 g/mol. The molecule has 2 N–H and O–H groups in total. The van der Waals surface area contributed by atoms with Crippen molar-refractivity contribution in [2.75, 3.05) is 18.4 Å². The highest BCUT2D eigenvalue weighted by Gasteiger charge is 2.43. The smallest absolute Gasteiger partial charge is 0.280 e. The first-order valence-corrected chi connectivity index (χ1v) is 9.70. The molecule has 1 saturated carbocycles. The molecule has 0 radical (unpaired) electrons. The maximum absolute atomic E-state index is 12.5. The number of quaternary nitrogens is 1. The number of hydrogen-bond donors (Lipinski definition) is 2. The molecule has 1 amide bonds. The second-order valence-corrected chi connectivity index (χ2v) is 8.19. The molecule has 0 spiro atoms. The lowest BCUT2D eigenvalue weighted by Crippen LogP contribution is -3.14. The van der Waals surface area contributed by atoms with E-state index in [9.17, 15) is 4.79 Å². The molecule has 23 heavy (non-hydrogen) atoms. The van der Waals surface area contributed by atoms with Gasteiger partial charge in [0.1, 0.15) is 17.1 Å². The molecule has 6 heteroatoms. The van der Waals surface area contributed by atoms with Gasteiger partial charge in [0.25, 0.3) is 5.91 Å². The van der Waals surface area contributed by atoms with Gasteiger partial charge in [0.2, 0.25) is 0 Å². The summed E-state index contributed by atoms with van der Waals surface area (Å²) < 4.78 is 0. The third kappa shape index (κ3) is 2.92. The minimum absolute atomic E-state index is 0.0169. The molecule has 0 bridgehead atoms. The Balaban J connectivity index is 1.48. The number of carbonyl (C=O) groups is 1. The van der Waals surface area contributed by atoms with E-state index in [-0.39, 0.29) is 5.91 Å². The van der Waals surface area contributed by atoms with Crippen molar-refractivity contribution in [1.82, 2.24) is 0 Å². The number of thiophene rings is 2. The number of hydrogen-bond acceptors (Lipinski definition) is 4. The van der Waals surface area contributed by atoms with Crippen LogP contribution in [0.3, 0.4) is 0 Å². The van der Waals surface area contributed by atoms with Crippen LogP contribution < -0.4 is 10.2 Å². The van der Waals surface area contributed by atoms with E-state index in [0.29, 0.717) is 23.2 Å². The Morgan fingerprint density at radius 2 is 2.17 bits per heavy atom. The molecule has 1 aliphatic heterocycles. The van der Waals surface area contributed by atoms with E-state index in [1.165, 1.54) is 39.5 Å². The lowest BCUT2D eigenvalue weighted by atomic mass is 9.96. The van der Waals surface area contributed by atoms with Crippen LogP contribution >= 0.6 is 22.7 Å². The number of nitrogens with one attached hydrogen (secondary N) is 2. The van der Waals surface area contributed by atoms with Gasteiger partial charge in [0.15, 0.2) is 6.54 Å². The topological polar surface area (TPSA) is 57.3 Å². The van der Waals surface area contributed by atoms with Crippen molar-refractivity contribution < 1.29 is 9.69 Å². The van der Waals surface area contributed by atoms with Crippen molar-refractivity contribution in [3.63, 3.8) is 0 Å². The first-order valence-electron chi connectivity index (χ1n) is 7.94. The summed E-state index contributed by atoms with van der Waals surface area (Å²) in [7, 11) is 0. The van der Waals surface area contributed by atoms with Gasteiger partial charge in [-0.2, -0.15) is 5.26 Å². The fourth-order valence-electron chi connectivity index (χ4n) is 3.57. The van der Waals surface area contributed by atoms with E-state index in [1.54, 1.807) is 6.07 Å². The Morgan fingerprint density at radius 1 is 1.35 bits per heavy atom. The molecule has 2 aromatic heterocycles. The normalized spacial score (nSPS) is 23.1. The van der Waals surface area contributed by atoms with Gasteiger partial charge >= 0.3 is 0 Å². The van der Waals surface area contributed by atoms with Crippen LogP contribution in [0, 0.1) is 17.2 Å². The molecule has 118 valence electrons. The van der Waals surface area contributed by atoms with Crippen molar-refractivity contribution in [2.45, 2.75) is 25.3 Å². The molecule has 2 aliphatic rings. The molecule has 1 aliphatic carbocycles. The number of nitriles is 1. The van der Waals surface area contributed by atoms with Crippen LogP contribution in [0.4, 0.5) is 5.00 Å². The highest BCUT2D eigenvalue weighted by atomic mass is 32.1. The Morgan fingerprint density at radius 3 is 2.96 bits per heavy atom. The quantitative estimate of drug-likeness (QED) is 0.893. The Kier molecular flexibility index (Phi) is 3.93. The van der Waals surface area contributed by atoms with Gasteiger partial charge in [-0.05, 0) is 35.7 Å². The largest absolute Gasteiger partial charge is 0.320 e. The van der Waals surface area contributed by atoms with Gasteiger partial charge < -0.3 is 10.2 Å². The Bertz CT molecular complexity index is 769. The molecule has 1 fully saturated rings. The third-order valence-electron chi connectivity index (χ3n) is 4.75. The first kappa shape index (κ1) is 14.9. The SMILES string of the molecule is N#Cc1ccsc1NC(=O)C[NH+]1CCc2sccc2[C@@H]1C1CC1. The number of rotatable bonds is 4. The van der Waals surface area contributed by atoms with E-state index in [1.807, 2.05) is 16.7 Å². The molecule has 4 nitrogen and oxygen atoms in total. The summed E-state index contributed by atoms with van der Waals surface area (Å²) in [6.45, 7) is 1.51. The molecule has 1 unspecified atom stereocenters. The molecule has 0 aromatic carbocycles. The Hall–Kier alpha value is -1.68. The van der Waals surface area contributed by atoms with E-state index in [2.05, 4.69) is 22.8 Å². The van der Waals surface area contributed by atoms with Gasteiger partial charge in [-0.25, -0.2) is 0 Å². The van der Waals surface area contributed by atoms with Crippen LogP contribution in [0.1, 0.15) is 34.9 Å². The summed E-state index contributed by atoms with van der Waals surface area (Å²) in [5.74, 6) is 0.756. The van der Waals surface area contributed by atoms with Crippen molar-refractivity contribution in [1.29, 1.82) is 5.26 Å². The molecule has 4 rings (SSSR count). The Labute approximate surface area is 143 Å². The molecule has 2 atom stereocenters. The van der Waals surface area contributed by atoms with Crippen LogP contribution in [0.15, 0.2) is 22.9 Å². The molecule has 3 heterocycles. The first-order chi connectivity index (χ1) is 11.3. The molecule has 2 aromatic rings. The third-order valence-corrected chi connectivity index (χ3v) is 6.57. The molecular formula is C17H18N3OS2+. The number of fused-ring (bicyclic) bond motifs is 1.